The molecule has 1 saturated heterocycles. The number of carbonyl (C=O) groups is 3. The van der Waals surface area contributed by atoms with Crippen molar-refractivity contribution in [1.82, 2.24) is 5.06 Å². The van der Waals surface area contributed by atoms with Crippen LogP contribution in [0.2, 0.25) is 0 Å². The van der Waals surface area contributed by atoms with E-state index in [4.69, 9.17) is 33.3 Å². The number of nitrogens with zero attached hydrogens (tertiary/aromatic N) is 3. The minimum atomic E-state index is -4.67. The first kappa shape index (κ1) is 59.5. The Labute approximate surface area is 456 Å². The van der Waals surface area contributed by atoms with Gasteiger partial charge in [-0.05, 0) is 76.0 Å². The highest BCUT2D eigenvalue weighted by atomic mass is 32.2. The number of hydroxylamine groups is 2. The summed E-state index contributed by atoms with van der Waals surface area (Å²) in [7, 11) is -7.37. The molecule has 1 fully saturated rings. The molecule has 0 aliphatic carbocycles. The fourth-order valence-corrected chi connectivity index (χ4v) is 11.0. The van der Waals surface area contributed by atoms with Crippen LogP contribution in [0.5, 0.6) is 5.75 Å². The second-order valence-electron chi connectivity index (χ2n) is 19.8. The van der Waals surface area contributed by atoms with Gasteiger partial charge in [-0.3, -0.25) is 18.7 Å². The van der Waals surface area contributed by atoms with E-state index in [0.717, 1.165) is 33.5 Å². The number of hydrogen-bond donors (Lipinski definition) is 2. The third-order valence-electron chi connectivity index (χ3n) is 13.8. The summed E-state index contributed by atoms with van der Waals surface area (Å²) < 4.78 is 105. The minimum Gasteiger partial charge on any atom is -0.456 e. The molecule has 4 heterocycles. The van der Waals surface area contributed by atoms with Gasteiger partial charge in [-0.2, -0.15) is 21.4 Å². The van der Waals surface area contributed by atoms with Crippen molar-refractivity contribution in [3.05, 3.63) is 125 Å². The molecule has 0 aromatic heterocycles. The van der Waals surface area contributed by atoms with Crippen LogP contribution in [-0.4, -0.2) is 150 Å². The number of amides is 2. The maximum Gasteiger partial charge on any atom is 0.333 e. The maximum absolute atomic E-state index is 12.9. The summed E-state index contributed by atoms with van der Waals surface area (Å²) in [5.41, 5.74) is 6.00. The first-order valence-corrected chi connectivity index (χ1v) is 29.0. The van der Waals surface area contributed by atoms with Crippen LogP contribution in [0.15, 0.2) is 108 Å². The molecule has 0 saturated carbocycles. The summed E-state index contributed by atoms with van der Waals surface area (Å²) in [4.78, 5) is 44.3. The lowest BCUT2D eigenvalue weighted by molar-refractivity contribution is -0.437. The molecule has 21 heteroatoms. The highest BCUT2D eigenvalue weighted by Crippen LogP contribution is 2.47. The number of imide groups is 1. The third-order valence-corrected chi connectivity index (χ3v) is 15.4. The second-order valence-corrected chi connectivity index (χ2v) is 22.8. The molecule has 78 heavy (non-hydrogen) atoms. The van der Waals surface area contributed by atoms with Crippen LogP contribution in [0.4, 0.5) is 11.4 Å². The number of ether oxygens (including phenoxy) is 6. The number of carbonyl (C=O) groups excluding carboxylic acids is 3. The average molecular weight is 1120 g/mol. The minimum absolute atomic E-state index is 0.00272. The van der Waals surface area contributed by atoms with Crippen LogP contribution in [-0.2, 0) is 68.6 Å². The lowest BCUT2D eigenvalue weighted by Crippen LogP contribution is -2.46. The number of benzene rings is 3. The van der Waals surface area contributed by atoms with Gasteiger partial charge in [0.05, 0.1) is 81.1 Å². The normalized spacial score (nSPS) is 18.7. The van der Waals surface area contributed by atoms with Gasteiger partial charge in [-0.25, -0.2) is 4.79 Å². The van der Waals surface area contributed by atoms with E-state index >= 15 is 0 Å². The summed E-state index contributed by atoms with van der Waals surface area (Å²) in [5, 5.41) is 0.478. The largest absolute Gasteiger partial charge is 0.456 e. The molecule has 3 aromatic carbocycles. The second kappa shape index (κ2) is 26.7. The SMILES string of the molecule is COCCOCCOCCOCCOCCN1c2cc3c(cc2C(C)=CC1(C)C)C(=CC=CC=CC1=[N+](CCCS(=O)(=O)O)c2ccc(S(=O)(=O)O)cc2C1(C)CCCC(=O)ON1C(=O)CCC1=O)C=C(c1ccccc1)O3. The summed E-state index contributed by atoms with van der Waals surface area (Å²) >= 11 is 0. The number of fused-ring (bicyclic) bond motifs is 3. The smallest absolute Gasteiger partial charge is 0.333 e. The number of hydrogen-bond acceptors (Lipinski definition) is 15. The molecule has 4 aliphatic rings. The Balaban J connectivity index is 1.13. The molecule has 1 atom stereocenters. The maximum atomic E-state index is 12.9. The lowest BCUT2D eigenvalue weighted by atomic mass is 9.75. The average Bonchev–Trinajstić information content (AvgIpc) is 4.04. The zero-order chi connectivity index (χ0) is 56.1. The van der Waals surface area contributed by atoms with Gasteiger partial charge in [0.1, 0.15) is 18.1 Å². The standard InChI is InChI=1S/C57H69N3O16S2/c1-41-40-56(2,3)59(25-26-71-29-30-73-33-34-74-32-31-72-28-27-70-5)49-39-51-46(38-45(41)49)43(36-50(75-51)42-14-8-6-9-15-42)16-10-7-11-17-52-57(4,23-12-18-55(63)76-60-53(61)21-22-54(60)62)47-37-44(78(67,68)69)19-20-48(47)58(52)24-13-35-77(64,65)66/h6-11,14-17,19-20,36-40H,12-13,18,21-35H2,1-5H3,(H-,64,65,66,67,68,69)/p+1. The predicted octanol–water partition coefficient (Wildman–Crippen LogP) is 7.69. The Bertz CT molecular complexity index is 3090. The molecule has 19 nitrogen and oxygen atoms in total. The Hall–Kier alpha value is -6.14. The molecular formula is C57H70N3O16S2+. The van der Waals surface area contributed by atoms with Crippen LogP contribution in [0.1, 0.15) is 88.5 Å². The molecule has 0 spiro atoms. The number of methoxy groups -OCH3 is 1. The number of rotatable bonds is 29. The van der Waals surface area contributed by atoms with Crippen molar-refractivity contribution in [1.29, 1.82) is 0 Å². The van der Waals surface area contributed by atoms with Gasteiger partial charge in [0, 0.05) is 85.5 Å². The molecule has 3 aromatic rings. The molecule has 4 aliphatic heterocycles. The van der Waals surface area contributed by atoms with Crippen LogP contribution in [0, 0.1) is 0 Å². The van der Waals surface area contributed by atoms with Gasteiger partial charge in [0.15, 0.2) is 5.71 Å². The van der Waals surface area contributed by atoms with Crippen molar-refractivity contribution < 1.29 is 78.2 Å². The highest BCUT2D eigenvalue weighted by Gasteiger charge is 2.48. The summed E-state index contributed by atoms with van der Waals surface area (Å²) in [6.45, 7) is 13.3. The molecule has 0 bridgehead atoms. The number of anilines is 1. The van der Waals surface area contributed by atoms with Crippen LogP contribution < -0.4 is 9.64 Å². The van der Waals surface area contributed by atoms with E-state index in [0.29, 0.717) is 99.5 Å². The van der Waals surface area contributed by atoms with Crippen molar-refractivity contribution in [2.75, 3.05) is 90.3 Å². The molecular weight excluding hydrogens is 1050 g/mol. The molecule has 0 radical (unpaired) electrons. The lowest BCUT2D eigenvalue weighted by Gasteiger charge is -2.44. The summed E-state index contributed by atoms with van der Waals surface area (Å²) in [5.74, 6) is -1.27. The van der Waals surface area contributed by atoms with E-state index in [-0.39, 0.29) is 55.5 Å². The van der Waals surface area contributed by atoms with Crippen molar-refractivity contribution in [3.8, 4) is 5.75 Å². The fourth-order valence-electron chi connectivity index (χ4n) is 10.00. The van der Waals surface area contributed by atoms with E-state index in [1.54, 1.807) is 13.2 Å². The Morgan fingerprint density at radius 3 is 2.09 bits per heavy atom. The van der Waals surface area contributed by atoms with Gasteiger partial charge in [-0.15, -0.1) is 5.06 Å². The quantitative estimate of drug-likeness (QED) is 0.0223. The Morgan fingerprint density at radius 2 is 1.45 bits per heavy atom. The first-order valence-electron chi connectivity index (χ1n) is 25.9. The Morgan fingerprint density at radius 1 is 0.795 bits per heavy atom. The van der Waals surface area contributed by atoms with E-state index in [1.807, 2.05) is 72.2 Å². The summed E-state index contributed by atoms with van der Waals surface area (Å²) in [6.07, 6.45) is 13.6. The highest BCUT2D eigenvalue weighted by molar-refractivity contribution is 7.86. The molecule has 7 rings (SSSR count). The van der Waals surface area contributed by atoms with Crippen molar-refractivity contribution in [2.24, 2.45) is 0 Å². The van der Waals surface area contributed by atoms with Gasteiger partial charge >= 0.3 is 5.97 Å². The van der Waals surface area contributed by atoms with Crippen LogP contribution >= 0.6 is 0 Å². The summed E-state index contributed by atoms with van der Waals surface area (Å²) in [6, 6.07) is 18.2. The fraction of sp³-hybridized carbons (Fsp3) is 0.439. The first-order chi connectivity index (χ1) is 37.2. The van der Waals surface area contributed by atoms with E-state index < -0.39 is 49.2 Å². The van der Waals surface area contributed by atoms with Gasteiger partial charge in [0.25, 0.3) is 32.1 Å². The Kier molecular flexibility index (Phi) is 20.4. The van der Waals surface area contributed by atoms with Crippen molar-refractivity contribution in [3.63, 3.8) is 0 Å². The molecule has 2 amide bonds. The van der Waals surface area contributed by atoms with E-state index in [9.17, 15) is 40.3 Å². The topological polar surface area (TPSA) is 234 Å². The van der Waals surface area contributed by atoms with Crippen LogP contribution in [0.3, 0.4) is 0 Å². The zero-order valence-electron chi connectivity index (χ0n) is 44.8. The van der Waals surface area contributed by atoms with Crippen molar-refractivity contribution in [2.45, 2.75) is 82.1 Å². The zero-order valence-corrected chi connectivity index (χ0v) is 46.4. The third kappa shape index (κ3) is 15.4. The number of allylic oxidation sites excluding steroid dienone is 8. The van der Waals surface area contributed by atoms with Crippen molar-refractivity contribution >= 4 is 72.0 Å². The van der Waals surface area contributed by atoms with Gasteiger partial charge < -0.3 is 38.2 Å². The van der Waals surface area contributed by atoms with E-state index in [2.05, 4.69) is 43.9 Å². The van der Waals surface area contributed by atoms with Gasteiger partial charge in [-0.1, -0.05) is 60.7 Å². The molecule has 1 unspecified atom stereocenters. The molecule has 420 valence electrons. The molecule has 2 N–H and O–H groups in total. The predicted molar refractivity (Wildman–Crippen MR) is 293 cm³/mol. The van der Waals surface area contributed by atoms with Crippen LogP contribution in [0.25, 0.3) is 16.9 Å². The van der Waals surface area contributed by atoms with E-state index in [1.165, 1.54) is 18.2 Å². The monoisotopic (exact) mass is 1120 g/mol. The van der Waals surface area contributed by atoms with Gasteiger partial charge in [0.2, 0.25) is 5.69 Å².